The second-order valence-electron chi connectivity index (χ2n) is 3.35. The van der Waals surface area contributed by atoms with Gasteiger partial charge in [-0.15, -0.1) is 0 Å². The highest BCUT2D eigenvalue weighted by atomic mass is 35.5. The molecule has 0 saturated heterocycles. The maximum atomic E-state index is 12.3. The summed E-state index contributed by atoms with van der Waals surface area (Å²) in [5.41, 5.74) is 1.10. The Morgan fingerprint density at radius 2 is 2.12 bits per heavy atom. The van der Waals surface area contributed by atoms with E-state index in [1.165, 1.54) is 12.4 Å². The molecule has 17 heavy (non-hydrogen) atoms. The number of ether oxygens (including phenoxy) is 1. The molecule has 0 fully saturated rings. The zero-order chi connectivity index (χ0) is 12.4. The molecule has 6 heteroatoms. The fourth-order valence-corrected chi connectivity index (χ4v) is 1.83. The summed E-state index contributed by atoms with van der Waals surface area (Å²) in [4.78, 5) is 8.03. The molecule has 0 N–H and O–H groups in total. The van der Waals surface area contributed by atoms with Gasteiger partial charge in [-0.25, -0.2) is 9.97 Å². The molecule has 1 heterocycles. The van der Waals surface area contributed by atoms with Crippen LogP contribution in [0, 0.1) is 0 Å². The molecule has 0 aliphatic carbocycles. The van der Waals surface area contributed by atoms with Gasteiger partial charge in [0.15, 0.2) is 5.75 Å². The first-order valence-electron chi connectivity index (χ1n) is 4.99. The van der Waals surface area contributed by atoms with Gasteiger partial charge in [0.1, 0.15) is 11.8 Å². The SMILES string of the molecule is CCc1ncnc2c(OC(F)F)cc(Cl)cc12. The molecular formula is C11H9ClF2N2O. The van der Waals surface area contributed by atoms with Crippen LogP contribution in [0.5, 0.6) is 5.75 Å². The quantitative estimate of drug-likeness (QED) is 0.846. The molecule has 0 radical (unpaired) electrons. The van der Waals surface area contributed by atoms with Crippen molar-refractivity contribution >= 4 is 22.5 Å². The molecule has 3 nitrogen and oxygen atoms in total. The number of rotatable bonds is 3. The molecule has 0 aliphatic heterocycles. The minimum atomic E-state index is -2.91. The zero-order valence-electron chi connectivity index (χ0n) is 8.95. The van der Waals surface area contributed by atoms with E-state index in [0.29, 0.717) is 22.3 Å². The topological polar surface area (TPSA) is 35.0 Å². The van der Waals surface area contributed by atoms with Crippen molar-refractivity contribution in [3.8, 4) is 5.75 Å². The summed E-state index contributed by atoms with van der Waals surface area (Å²) in [7, 11) is 0. The van der Waals surface area contributed by atoms with Crippen molar-refractivity contribution < 1.29 is 13.5 Å². The maximum absolute atomic E-state index is 12.3. The van der Waals surface area contributed by atoms with Crippen LogP contribution >= 0.6 is 11.6 Å². The van der Waals surface area contributed by atoms with Gasteiger partial charge in [0, 0.05) is 16.5 Å². The summed E-state index contributed by atoms with van der Waals surface area (Å²) >= 11 is 5.86. The van der Waals surface area contributed by atoms with Crippen LogP contribution in [0.1, 0.15) is 12.6 Å². The average Bonchev–Trinajstić information content (AvgIpc) is 2.27. The smallest absolute Gasteiger partial charge is 0.387 e. The Kier molecular flexibility index (Phi) is 3.38. The van der Waals surface area contributed by atoms with Crippen LogP contribution in [-0.2, 0) is 6.42 Å². The molecule has 2 aromatic rings. The zero-order valence-corrected chi connectivity index (χ0v) is 9.71. The Morgan fingerprint density at radius 1 is 1.35 bits per heavy atom. The van der Waals surface area contributed by atoms with Gasteiger partial charge >= 0.3 is 6.61 Å². The molecule has 0 atom stereocenters. The van der Waals surface area contributed by atoms with Gasteiger partial charge in [-0.05, 0) is 12.5 Å². The lowest BCUT2D eigenvalue weighted by Gasteiger charge is -2.09. The molecule has 1 aromatic heterocycles. The maximum Gasteiger partial charge on any atom is 0.387 e. The van der Waals surface area contributed by atoms with Crippen molar-refractivity contribution in [1.29, 1.82) is 0 Å². The van der Waals surface area contributed by atoms with E-state index >= 15 is 0 Å². The van der Waals surface area contributed by atoms with Crippen LogP contribution in [0.25, 0.3) is 10.9 Å². The molecule has 0 saturated carbocycles. The van der Waals surface area contributed by atoms with Crippen molar-refractivity contribution in [3.63, 3.8) is 0 Å². The van der Waals surface area contributed by atoms with Gasteiger partial charge < -0.3 is 4.74 Å². The van der Waals surface area contributed by atoms with Gasteiger partial charge in [0.05, 0.1) is 5.69 Å². The molecule has 90 valence electrons. The largest absolute Gasteiger partial charge is 0.432 e. The van der Waals surface area contributed by atoms with Crippen LogP contribution in [0.3, 0.4) is 0 Å². The highest BCUT2D eigenvalue weighted by Gasteiger charge is 2.13. The Labute approximate surface area is 101 Å². The fourth-order valence-electron chi connectivity index (χ4n) is 1.62. The standard InChI is InChI=1S/C11H9ClF2N2O/c1-2-8-7-3-6(12)4-9(17-11(13)14)10(7)16-5-15-8/h3-5,11H,2H2,1H3. The first-order chi connectivity index (χ1) is 8.11. The highest BCUT2D eigenvalue weighted by Crippen LogP contribution is 2.30. The summed E-state index contributed by atoms with van der Waals surface area (Å²) in [6.45, 7) is -0.993. The predicted octanol–water partition coefficient (Wildman–Crippen LogP) is 3.45. The first kappa shape index (κ1) is 12.0. The van der Waals surface area contributed by atoms with E-state index in [4.69, 9.17) is 11.6 Å². The number of alkyl halides is 2. The average molecular weight is 259 g/mol. The predicted molar refractivity (Wildman–Crippen MR) is 60.6 cm³/mol. The molecule has 0 aliphatic rings. The Bertz CT molecular complexity index is 548. The number of halogens is 3. The van der Waals surface area contributed by atoms with Crippen molar-refractivity contribution in [1.82, 2.24) is 9.97 Å². The Balaban J connectivity index is 2.67. The number of fused-ring (bicyclic) bond motifs is 1. The first-order valence-corrected chi connectivity index (χ1v) is 5.37. The lowest BCUT2D eigenvalue weighted by molar-refractivity contribution is -0.0489. The van der Waals surface area contributed by atoms with E-state index < -0.39 is 6.61 Å². The molecule has 0 unspecified atom stereocenters. The second kappa shape index (κ2) is 4.79. The van der Waals surface area contributed by atoms with E-state index in [9.17, 15) is 8.78 Å². The van der Waals surface area contributed by atoms with Crippen LogP contribution < -0.4 is 4.74 Å². The molecule has 2 rings (SSSR count). The van der Waals surface area contributed by atoms with Crippen molar-refractivity contribution in [2.75, 3.05) is 0 Å². The van der Waals surface area contributed by atoms with Crippen molar-refractivity contribution in [2.24, 2.45) is 0 Å². The van der Waals surface area contributed by atoms with E-state index in [1.54, 1.807) is 6.07 Å². The lowest BCUT2D eigenvalue weighted by atomic mass is 10.1. The van der Waals surface area contributed by atoms with Gasteiger partial charge in [-0.3, -0.25) is 0 Å². The summed E-state index contributed by atoms with van der Waals surface area (Å²) in [6.07, 6.45) is 1.99. The second-order valence-corrected chi connectivity index (χ2v) is 3.79. The van der Waals surface area contributed by atoms with Gasteiger partial charge in [0.2, 0.25) is 0 Å². The fraction of sp³-hybridized carbons (Fsp3) is 0.273. The molecule has 0 spiro atoms. The third-order valence-corrected chi connectivity index (χ3v) is 2.52. The number of aromatic nitrogens is 2. The highest BCUT2D eigenvalue weighted by molar-refractivity contribution is 6.31. The minimum absolute atomic E-state index is 0.0281. The number of hydrogen-bond donors (Lipinski definition) is 0. The molecule has 1 aromatic carbocycles. The number of benzene rings is 1. The third kappa shape index (κ3) is 2.44. The van der Waals surface area contributed by atoms with E-state index in [2.05, 4.69) is 14.7 Å². The van der Waals surface area contributed by atoms with Crippen LogP contribution in [0.15, 0.2) is 18.5 Å². The molecule has 0 amide bonds. The number of hydrogen-bond acceptors (Lipinski definition) is 3. The van der Waals surface area contributed by atoms with E-state index in [-0.39, 0.29) is 5.75 Å². The van der Waals surface area contributed by atoms with Crippen molar-refractivity contribution in [2.45, 2.75) is 20.0 Å². The van der Waals surface area contributed by atoms with Gasteiger partial charge in [0.25, 0.3) is 0 Å². The van der Waals surface area contributed by atoms with Crippen molar-refractivity contribution in [3.05, 3.63) is 29.2 Å². The Morgan fingerprint density at radius 3 is 2.76 bits per heavy atom. The summed E-state index contributed by atoms with van der Waals surface area (Å²) in [5.74, 6) is -0.0281. The van der Waals surface area contributed by atoms with Crippen LogP contribution in [0.4, 0.5) is 8.78 Å². The van der Waals surface area contributed by atoms with Gasteiger partial charge in [-0.2, -0.15) is 8.78 Å². The lowest BCUT2D eigenvalue weighted by Crippen LogP contribution is -2.04. The van der Waals surface area contributed by atoms with E-state index in [1.807, 2.05) is 6.92 Å². The normalized spacial score (nSPS) is 11.1. The molecular weight excluding hydrogens is 250 g/mol. The monoisotopic (exact) mass is 258 g/mol. The summed E-state index contributed by atoms with van der Waals surface area (Å²) in [6, 6.07) is 2.97. The third-order valence-electron chi connectivity index (χ3n) is 2.30. The summed E-state index contributed by atoms with van der Waals surface area (Å²) < 4.78 is 28.9. The summed E-state index contributed by atoms with van der Waals surface area (Å²) in [5, 5.41) is 0.954. The minimum Gasteiger partial charge on any atom is -0.432 e. The van der Waals surface area contributed by atoms with Crippen LogP contribution in [0.2, 0.25) is 5.02 Å². The van der Waals surface area contributed by atoms with Crippen LogP contribution in [-0.4, -0.2) is 16.6 Å². The Hall–Kier alpha value is -1.49. The number of nitrogens with zero attached hydrogens (tertiary/aromatic N) is 2. The van der Waals surface area contributed by atoms with Gasteiger partial charge in [-0.1, -0.05) is 18.5 Å². The molecule has 0 bridgehead atoms. The number of aryl methyl sites for hydroxylation is 1. The van der Waals surface area contributed by atoms with E-state index in [0.717, 1.165) is 5.69 Å².